The van der Waals surface area contributed by atoms with Gasteiger partial charge in [-0.2, -0.15) is 0 Å². The topological polar surface area (TPSA) is 46.2 Å². The van der Waals surface area contributed by atoms with Crippen LogP contribution in [0.15, 0.2) is 16.3 Å². The van der Waals surface area contributed by atoms with Gasteiger partial charge in [-0.05, 0) is 24.5 Å². The molecule has 1 atom stereocenters. The summed E-state index contributed by atoms with van der Waals surface area (Å²) < 4.78 is 26.8. The molecule has 0 amide bonds. The highest BCUT2D eigenvalue weighted by molar-refractivity contribution is 7.91. The molecule has 0 saturated carbocycles. The molecule has 0 radical (unpaired) electrons. The summed E-state index contributed by atoms with van der Waals surface area (Å²) in [5, 5.41) is 0. The lowest BCUT2D eigenvalue weighted by Crippen LogP contribution is -2.28. The van der Waals surface area contributed by atoms with E-state index in [-0.39, 0.29) is 10.1 Å². The highest BCUT2D eigenvalue weighted by atomic mass is 35.5. The first-order valence-corrected chi connectivity index (χ1v) is 7.98. The minimum absolute atomic E-state index is 0.225. The van der Waals surface area contributed by atoms with Crippen molar-refractivity contribution in [3.05, 3.63) is 16.5 Å². The minimum atomic E-state index is -3.41. The van der Waals surface area contributed by atoms with Gasteiger partial charge in [0.1, 0.15) is 4.21 Å². The number of sulfonamides is 1. The summed E-state index contributed by atoms with van der Waals surface area (Å²) in [7, 11) is -3.41. The van der Waals surface area contributed by atoms with Gasteiger partial charge in [0.25, 0.3) is 0 Å². The van der Waals surface area contributed by atoms with E-state index in [1.807, 2.05) is 6.92 Å². The number of rotatable bonds is 6. The van der Waals surface area contributed by atoms with Crippen molar-refractivity contribution >= 4 is 44.6 Å². The van der Waals surface area contributed by atoms with Crippen LogP contribution in [0.25, 0.3) is 0 Å². The van der Waals surface area contributed by atoms with Crippen LogP contribution in [-0.4, -0.2) is 20.8 Å². The molecule has 0 fully saturated rings. The molecule has 0 spiro atoms. The van der Waals surface area contributed by atoms with Gasteiger partial charge >= 0.3 is 0 Å². The van der Waals surface area contributed by atoms with Crippen molar-refractivity contribution in [3.8, 4) is 0 Å². The average molecular weight is 302 g/mol. The van der Waals surface area contributed by atoms with Gasteiger partial charge in [-0.25, -0.2) is 13.1 Å². The van der Waals surface area contributed by atoms with Gasteiger partial charge in [0.2, 0.25) is 10.0 Å². The fourth-order valence-electron chi connectivity index (χ4n) is 1.05. The zero-order chi connectivity index (χ0) is 12.2. The van der Waals surface area contributed by atoms with E-state index in [1.165, 1.54) is 6.07 Å². The third-order valence-corrected chi connectivity index (χ3v) is 5.40. The predicted octanol–water partition coefficient (Wildman–Crippen LogP) is 2.94. The normalized spacial score (nSPS) is 13.9. The van der Waals surface area contributed by atoms with Gasteiger partial charge in [-0.15, -0.1) is 22.9 Å². The van der Waals surface area contributed by atoms with E-state index in [1.54, 1.807) is 6.07 Å². The molecule has 0 saturated heterocycles. The van der Waals surface area contributed by atoms with Gasteiger partial charge in [0.15, 0.2) is 0 Å². The minimum Gasteiger partial charge on any atom is -0.210 e. The first-order chi connectivity index (χ1) is 7.45. The Morgan fingerprint density at radius 2 is 2.19 bits per heavy atom. The Bertz CT molecular complexity index is 430. The second-order valence-corrected chi connectivity index (χ2v) is 7.58. The van der Waals surface area contributed by atoms with Crippen LogP contribution in [0, 0.1) is 5.92 Å². The number of thiophene rings is 1. The van der Waals surface area contributed by atoms with Crippen molar-refractivity contribution in [2.45, 2.75) is 17.6 Å². The first kappa shape index (κ1) is 14.3. The van der Waals surface area contributed by atoms with Crippen molar-refractivity contribution in [3.63, 3.8) is 0 Å². The standard InChI is InChI=1S/C9H13Cl2NO2S2/c1-7(4-5-10)6-12-16(13,14)9-3-2-8(11)15-9/h2-3,7,12H,4-6H2,1H3. The van der Waals surface area contributed by atoms with E-state index in [0.29, 0.717) is 16.8 Å². The fraction of sp³-hybridized carbons (Fsp3) is 0.556. The van der Waals surface area contributed by atoms with Crippen molar-refractivity contribution in [1.82, 2.24) is 4.72 Å². The monoisotopic (exact) mass is 301 g/mol. The zero-order valence-electron chi connectivity index (χ0n) is 8.74. The Morgan fingerprint density at radius 1 is 1.50 bits per heavy atom. The molecule has 1 aromatic rings. The summed E-state index contributed by atoms with van der Waals surface area (Å²) in [4.78, 5) is 0. The molecule has 3 nitrogen and oxygen atoms in total. The van der Waals surface area contributed by atoms with E-state index in [0.717, 1.165) is 17.8 Å². The van der Waals surface area contributed by atoms with Crippen LogP contribution >= 0.6 is 34.5 Å². The highest BCUT2D eigenvalue weighted by Crippen LogP contribution is 2.25. The van der Waals surface area contributed by atoms with Crippen molar-refractivity contribution in [2.75, 3.05) is 12.4 Å². The Balaban J connectivity index is 2.59. The first-order valence-electron chi connectivity index (χ1n) is 4.76. The quantitative estimate of drug-likeness (QED) is 0.821. The van der Waals surface area contributed by atoms with Gasteiger partial charge in [0.05, 0.1) is 4.34 Å². The maximum atomic E-state index is 11.8. The second kappa shape index (κ2) is 6.21. The molecule has 7 heteroatoms. The summed E-state index contributed by atoms with van der Waals surface area (Å²) in [6.07, 6.45) is 0.787. The van der Waals surface area contributed by atoms with Crippen LogP contribution < -0.4 is 4.72 Å². The van der Waals surface area contributed by atoms with E-state index in [4.69, 9.17) is 23.2 Å². The maximum Gasteiger partial charge on any atom is 0.250 e. The number of nitrogens with one attached hydrogen (secondary N) is 1. The molecule has 0 aromatic carbocycles. The van der Waals surface area contributed by atoms with Gasteiger partial charge in [0, 0.05) is 12.4 Å². The SMILES string of the molecule is CC(CCCl)CNS(=O)(=O)c1ccc(Cl)s1. The zero-order valence-corrected chi connectivity index (χ0v) is 11.9. The van der Waals surface area contributed by atoms with Crippen LogP contribution in [0.3, 0.4) is 0 Å². The van der Waals surface area contributed by atoms with Gasteiger partial charge < -0.3 is 0 Å². The smallest absolute Gasteiger partial charge is 0.210 e. The largest absolute Gasteiger partial charge is 0.250 e. The van der Waals surface area contributed by atoms with Gasteiger partial charge in [-0.1, -0.05) is 18.5 Å². The van der Waals surface area contributed by atoms with E-state index in [9.17, 15) is 8.42 Å². The van der Waals surface area contributed by atoms with Gasteiger partial charge in [-0.3, -0.25) is 0 Å². The average Bonchev–Trinajstić information content (AvgIpc) is 2.63. The second-order valence-electron chi connectivity index (χ2n) is 3.49. The summed E-state index contributed by atoms with van der Waals surface area (Å²) in [6, 6.07) is 3.07. The molecule has 16 heavy (non-hydrogen) atoms. The summed E-state index contributed by atoms with van der Waals surface area (Å²) in [5.41, 5.74) is 0. The number of halogens is 2. The molecule has 1 N–H and O–H groups in total. The summed E-state index contributed by atoms with van der Waals surface area (Å²) in [6.45, 7) is 2.34. The Kier molecular flexibility index (Phi) is 5.53. The number of alkyl halides is 1. The van der Waals surface area contributed by atoms with E-state index >= 15 is 0 Å². The molecule has 0 aliphatic carbocycles. The van der Waals surface area contributed by atoms with E-state index in [2.05, 4.69) is 4.72 Å². The van der Waals surface area contributed by atoms with Crippen molar-refractivity contribution in [1.29, 1.82) is 0 Å². The number of hydrogen-bond acceptors (Lipinski definition) is 3. The molecule has 0 aliphatic rings. The third kappa shape index (κ3) is 4.22. The molecular weight excluding hydrogens is 289 g/mol. The summed E-state index contributed by atoms with van der Waals surface area (Å²) in [5.74, 6) is 0.760. The molecule has 1 aromatic heterocycles. The Labute approximate surface area is 110 Å². The maximum absolute atomic E-state index is 11.8. The van der Waals surface area contributed by atoms with Crippen molar-refractivity contribution in [2.24, 2.45) is 5.92 Å². The lowest BCUT2D eigenvalue weighted by atomic mass is 10.1. The third-order valence-electron chi connectivity index (χ3n) is 2.04. The highest BCUT2D eigenvalue weighted by Gasteiger charge is 2.17. The molecule has 1 rings (SSSR count). The predicted molar refractivity (Wildman–Crippen MR) is 69.0 cm³/mol. The lowest BCUT2D eigenvalue weighted by Gasteiger charge is -2.10. The molecule has 1 unspecified atom stereocenters. The van der Waals surface area contributed by atoms with Crippen LogP contribution in [0.4, 0.5) is 0 Å². The van der Waals surface area contributed by atoms with Crippen molar-refractivity contribution < 1.29 is 8.42 Å². The lowest BCUT2D eigenvalue weighted by molar-refractivity contribution is 0.531. The Morgan fingerprint density at radius 3 is 2.69 bits per heavy atom. The molecule has 1 heterocycles. The van der Waals surface area contributed by atoms with Crippen LogP contribution in [-0.2, 0) is 10.0 Å². The molecular formula is C9H13Cl2NO2S2. The molecule has 92 valence electrons. The van der Waals surface area contributed by atoms with Crippen LogP contribution in [0.1, 0.15) is 13.3 Å². The molecule has 0 aliphatic heterocycles. The van der Waals surface area contributed by atoms with Crippen LogP contribution in [0.2, 0.25) is 4.34 Å². The fourth-order valence-corrected chi connectivity index (χ4v) is 4.12. The van der Waals surface area contributed by atoms with Crippen LogP contribution in [0.5, 0.6) is 0 Å². The molecule has 0 bridgehead atoms. The Hall–Kier alpha value is 0.190. The number of hydrogen-bond donors (Lipinski definition) is 1. The summed E-state index contributed by atoms with van der Waals surface area (Å²) >= 11 is 12.3. The van der Waals surface area contributed by atoms with E-state index < -0.39 is 10.0 Å².